The summed E-state index contributed by atoms with van der Waals surface area (Å²) in [5.74, 6) is 2.36. The fraction of sp³-hybridized carbons (Fsp3) is 0.208. The van der Waals surface area contributed by atoms with Crippen molar-refractivity contribution in [2.24, 2.45) is 0 Å². The average Bonchev–Trinajstić information content (AvgIpc) is 3.12. The molecule has 6 heteroatoms. The smallest absolute Gasteiger partial charge is 0.161 e. The Bertz CT molecular complexity index is 1160. The number of aryl methyl sites for hydroxylation is 1. The molecule has 154 valence electrons. The number of aromatic nitrogens is 2. The number of ether oxygens (including phenoxy) is 2. The number of hydrogen-bond donors (Lipinski definition) is 0. The minimum atomic E-state index is 0.596. The number of halogens is 2. The molecule has 0 atom stereocenters. The van der Waals surface area contributed by atoms with Gasteiger partial charge in [-0.3, -0.25) is 0 Å². The van der Waals surface area contributed by atoms with Gasteiger partial charge in [-0.1, -0.05) is 47.5 Å². The molecule has 3 aromatic carbocycles. The number of methoxy groups -OCH3 is 1. The Morgan fingerprint density at radius 3 is 2.47 bits per heavy atom. The van der Waals surface area contributed by atoms with Crippen LogP contribution < -0.4 is 9.47 Å². The van der Waals surface area contributed by atoms with Gasteiger partial charge in [0.2, 0.25) is 0 Å². The summed E-state index contributed by atoms with van der Waals surface area (Å²) in [6.45, 7) is 1.42. The van der Waals surface area contributed by atoms with Crippen molar-refractivity contribution >= 4 is 34.2 Å². The SMILES string of the molecule is COc1ccccc1OCCCCn1c(-c2ccc(Cl)cc2Cl)nc2ccccc21. The van der Waals surface area contributed by atoms with Crippen LogP contribution in [-0.4, -0.2) is 23.3 Å². The molecular formula is C24H22Cl2N2O2. The van der Waals surface area contributed by atoms with E-state index >= 15 is 0 Å². The fourth-order valence-electron chi connectivity index (χ4n) is 3.47. The molecule has 0 saturated carbocycles. The number of hydrogen-bond acceptors (Lipinski definition) is 3. The van der Waals surface area contributed by atoms with E-state index in [0.717, 1.165) is 53.3 Å². The molecule has 4 aromatic rings. The lowest BCUT2D eigenvalue weighted by molar-refractivity contribution is 0.284. The van der Waals surface area contributed by atoms with Crippen LogP contribution in [0.1, 0.15) is 12.8 Å². The number of nitrogens with zero attached hydrogens (tertiary/aromatic N) is 2. The summed E-state index contributed by atoms with van der Waals surface area (Å²) in [5, 5.41) is 1.21. The van der Waals surface area contributed by atoms with E-state index in [1.54, 1.807) is 13.2 Å². The van der Waals surface area contributed by atoms with Crippen molar-refractivity contribution in [2.75, 3.05) is 13.7 Å². The van der Waals surface area contributed by atoms with Crippen molar-refractivity contribution in [3.63, 3.8) is 0 Å². The minimum Gasteiger partial charge on any atom is -0.493 e. The van der Waals surface area contributed by atoms with Gasteiger partial charge in [-0.05, 0) is 55.3 Å². The van der Waals surface area contributed by atoms with Gasteiger partial charge in [0, 0.05) is 17.1 Å². The molecule has 1 heterocycles. The summed E-state index contributed by atoms with van der Waals surface area (Å²) in [5.41, 5.74) is 2.91. The van der Waals surface area contributed by atoms with Crippen molar-refractivity contribution in [3.8, 4) is 22.9 Å². The monoisotopic (exact) mass is 440 g/mol. The Hall–Kier alpha value is -2.69. The van der Waals surface area contributed by atoms with E-state index < -0.39 is 0 Å². The van der Waals surface area contributed by atoms with Crippen molar-refractivity contribution in [1.29, 1.82) is 0 Å². The van der Waals surface area contributed by atoms with E-state index in [0.29, 0.717) is 16.7 Å². The zero-order valence-corrected chi connectivity index (χ0v) is 18.2. The Morgan fingerprint density at radius 1 is 0.900 bits per heavy atom. The Balaban J connectivity index is 1.49. The highest BCUT2D eigenvalue weighted by Gasteiger charge is 2.15. The van der Waals surface area contributed by atoms with E-state index in [1.807, 2.05) is 54.6 Å². The average molecular weight is 441 g/mol. The van der Waals surface area contributed by atoms with E-state index in [1.165, 1.54) is 0 Å². The molecule has 1 aromatic heterocycles. The van der Waals surface area contributed by atoms with Crippen molar-refractivity contribution in [2.45, 2.75) is 19.4 Å². The summed E-state index contributed by atoms with van der Waals surface area (Å²) in [7, 11) is 1.65. The first kappa shape index (κ1) is 20.6. The van der Waals surface area contributed by atoms with Crippen LogP contribution in [0.15, 0.2) is 66.7 Å². The Kier molecular flexibility index (Phi) is 6.46. The summed E-state index contributed by atoms with van der Waals surface area (Å²) in [6.07, 6.45) is 1.84. The summed E-state index contributed by atoms with van der Waals surface area (Å²) < 4.78 is 13.4. The number of fused-ring (bicyclic) bond motifs is 1. The van der Waals surface area contributed by atoms with Gasteiger partial charge in [-0.25, -0.2) is 4.98 Å². The fourth-order valence-corrected chi connectivity index (χ4v) is 3.96. The van der Waals surface area contributed by atoms with Crippen LogP contribution in [0.25, 0.3) is 22.4 Å². The largest absolute Gasteiger partial charge is 0.493 e. The third kappa shape index (κ3) is 4.40. The Labute approximate surface area is 186 Å². The Morgan fingerprint density at radius 2 is 1.67 bits per heavy atom. The molecule has 0 fully saturated rings. The highest BCUT2D eigenvalue weighted by molar-refractivity contribution is 6.36. The van der Waals surface area contributed by atoms with Gasteiger partial charge < -0.3 is 14.0 Å². The molecule has 0 N–H and O–H groups in total. The first-order valence-corrected chi connectivity index (χ1v) is 10.6. The minimum absolute atomic E-state index is 0.596. The molecule has 4 nitrogen and oxygen atoms in total. The molecule has 0 aliphatic carbocycles. The molecule has 0 amide bonds. The highest BCUT2D eigenvalue weighted by atomic mass is 35.5. The maximum absolute atomic E-state index is 6.47. The standard InChI is InChI=1S/C24H22Cl2N2O2/c1-29-22-10-4-5-11-23(22)30-15-7-6-14-28-21-9-3-2-8-20(21)27-24(28)18-13-12-17(25)16-19(18)26/h2-5,8-13,16H,6-7,14-15H2,1H3. The lowest BCUT2D eigenvalue weighted by atomic mass is 10.2. The summed E-state index contributed by atoms with van der Waals surface area (Å²) in [6, 6.07) is 21.3. The van der Waals surface area contributed by atoms with Gasteiger partial charge in [0.15, 0.2) is 11.5 Å². The van der Waals surface area contributed by atoms with Gasteiger partial charge in [0.1, 0.15) is 5.82 Å². The first-order valence-electron chi connectivity index (χ1n) is 9.84. The number of benzene rings is 3. The number of para-hydroxylation sites is 4. The highest BCUT2D eigenvalue weighted by Crippen LogP contribution is 2.32. The first-order chi connectivity index (χ1) is 14.7. The van der Waals surface area contributed by atoms with Crippen LogP contribution in [0, 0.1) is 0 Å². The van der Waals surface area contributed by atoms with Crippen molar-refractivity contribution in [3.05, 3.63) is 76.8 Å². The van der Waals surface area contributed by atoms with Crippen LogP contribution in [0.4, 0.5) is 0 Å². The zero-order chi connectivity index (χ0) is 20.9. The molecule has 0 aliphatic rings. The molecular weight excluding hydrogens is 419 g/mol. The molecule has 0 spiro atoms. The molecule has 4 rings (SSSR count). The normalized spacial score (nSPS) is 11.0. The van der Waals surface area contributed by atoms with E-state index in [2.05, 4.69) is 10.6 Å². The second-order valence-corrected chi connectivity index (χ2v) is 7.75. The lowest BCUT2D eigenvalue weighted by Gasteiger charge is -2.12. The zero-order valence-electron chi connectivity index (χ0n) is 16.6. The molecule has 0 saturated heterocycles. The van der Waals surface area contributed by atoms with Gasteiger partial charge >= 0.3 is 0 Å². The summed E-state index contributed by atoms with van der Waals surface area (Å²) in [4.78, 5) is 4.83. The van der Waals surface area contributed by atoms with Crippen molar-refractivity contribution < 1.29 is 9.47 Å². The molecule has 0 radical (unpaired) electrons. The number of unbranched alkanes of at least 4 members (excludes halogenated alkanes) is 1. The second-order valence-electron chi connectivity index (χ2n) is 6.91. The topological polar surface area (TPSA) is 36.3 Å². The third-order valence-electron chi connectivity index (χ3n) is 4.93. The van der Waals surface area contributed by atoms with Gasteiger partial charge in [-0.2, -0.15) is 0 Å². The van der Waals surface area contributed by atoms with Crippen molar-refractivity contribution in [1.82, 2.24) is 9.55 Å². The summed E-state index contributed by atoms with van der Waals surface area (Å²) >= 11 is 12.6. The predicted octanol–water partition coefficient (Wildman–Crippen LogP) is 6.88. The third-order valence-corrected chi connectivity index (χ3v) is 5.48. The van der Waals surface area contributed by atoms with Gasteiger partial charge in [0.05, 0.1) is 29.8 Å². The van der Waals surface area contributed by atoms with Crippen LogP contribution >= 0.6 is 23.2 Å². The van der Waals surface area contributed by atoms with E-state index in [9.17, 15) is 0 Å². The lowest BCUT2D eigenvalue weighted by Crippen LogP contribution is -2.04. The molecule has 0 bridgehead atoms. The quantitative estimate of drug-likeness (QED) is 0.280. The number of rotatable bonds is 8. The van der Waals surface area contributed by atoms with E-state index in [4.69, 9.17) is 37.7 Å². The number of imidazole rings is 1. The second kappa shape index (κ2) is 9.41. The van der Waals surface area contributed by atoms with Gasteiger partial charge in [-0.15, -0.1) is 0 Å². The van der Waals surface area contributed by atoms with Crippen LogP contribution in [0.3, 0.4) is 0 Å². The van der Waals surface area contributed by atoms with E-state index in [-0.39, 0.29) is 0 Å². The maximum Gasteiger partial charge on any atom is 0.161 e. The predicted molar refractivity (Wildman–Crippen MR) is 123 cm³/mol. The maximum atomic E-state index is 6.47. The molecule has 0 aliphatic heterocycles. The molecule has 30 heavy (non-hydrogen) atoms. The van der Waals surface area contributed by atoms with Gasteiger partial charge in [0.25, 0.3) is 0 Å². The van der Waals surface area contributed by atoms with Crippen LogP contribution in [-0.2, 0) is 6.54 Å². The van der Waals surface area contributed by atoms with Crippen LogP contribution in [0.5, 0.6) is 11.5 Å². The molecule has 0 unspecified atom stereocenters. The van der Waals surface area contributed by atoms with Crippen LogP contribution in [0.2, 0.25) is 10.0 Å².